The van der Waals surface area contributed by atoms with Gasteiger partial charge in [-0.2, -0.15) is 0 Å². The van der Waals surface area contributed by atoms with Gasteiger partial charge < -0.3 is 10.1 Å². The Hall–Kier alpha value is -1.55. The first-order valence-corrected chi connectivity index (χ1v) is 7.82. The molecule has 0 aliphatic rings. The Balaban J connectivity index is 2.35. The Morgan fingerprint density at radius 1 is 1.19 bits per heavy atom. The third-order valence-electron chi connectivity index (χ3n) is 3.36. The predicted octanol–water partition coefficient (Wildman–Crippen LogP) is 2.48. The molecule has 0 radical (unpaired) electrons. The lowest BCUT2D eigenvalue weighted by molar-refractivity contribution is -0.122. The molecule has 4 heteroatoms. The maximum absolute atomic E-state index is 12.0. The molecule has 0 spiro atoms. The van der Waals surface area contributed by atoms with Gasteiger partial charge in [-0.25, -0.2) is 0 Å². The summed E-state index contributed by atoms with van der Waals surface area (Å²) in [4.78, 5) is 14.2. The van der Waals surface area contributed by atoms with Crippen molar-refractivity contribution in [3.63, 3.8) is 0 Å². The number of para-hydroxylation sites is 1. The van der Waals surface area contributed by atoms with Crippen LogP contribution in [0.25, 0.3) is 0 Å². The van der Waals surface area contributed by atoms with Gasteiger partial charge in [0.1, 0.15) is 5.75 Å². The van der Waals surface area contributed by atoms with Crippen molar-refractivity contribution in [1.29, 1.82) is 0 Å². The average molecular weight is 292 g/mol. The molecule has 1 amide bonds. The molecule has 0 saturated carbocycles. The van der Waals surface area contributed by atoms with Crippen molar-refractivity contribution in [2.24, 2.45) is 0 Å². The Labute approximate surface area is 128 Å². The minimum atomic E-state index is 0.104. The van der Waals surface area contributed by atoms with Gasteiger partial charge in [0.05, 0.1) is 13.7 Å². The Morgan fingerprint density at radius 2 is 1.86 bits per heavy atom. The van der Waals surface area contributed by atoms with E-state index in [0.717, 1.165) is 43.7 Å². The Morgan fingerprint density at radius 3 is 2.48 bits per heavy atom. The largest absolute Gasteiger partial charge is 0.496 e. The van der Waals surface area contributed by atoms with Crippen LogP contribution >= 0.6 is 0 Å². The van der Waals surface area contributed by atoms with Gasteiger partial charge in [-0.1, -0.05) is 32.0 Å². The van der Waals surface area contributed by atoms with E-state index in [9.17, 15) is 4.79 Å². The quantitative estimate of drug-likeness (QED) is 0.720. The van der Waals surface area contributed by atoms with Crippen molar-refractivity contribution in [3.8, 4) is 5.75 Å². The molecule has 0 unspecified atom stereocenters. The first kappa shape index (κ1) is 17.5. The van der Waals surface area contributed by atoms with Crippen molar-refractivity contribution >= 4 is 5.91 Å². The molecule has 0 bridgehead atoms. The summed E-state index contributed by atoms with van der Waals surface area (Å²) in [7, 11) is 1.67. The SMILES string of the molecule is CCCN(CCC)CC(=O)NCCc1ccccc1OC. The molecule has 1 N–H and O–H groups in total. The molecule has 0 fully saturated rings. The number of carbonyl (C=O) groups is 1. The van der Waals surface area contributed by atoms with Crippen LogP contribution in [0.15, 0.2) is 24.3 Å². The maximum atomic E-state index is 12.0. The average Bonchev–Trinajstić information content (AvgIpc) is 2.48. The van der Waals surface area contributed by atoms with Crippen LogP contribution < -0.4 is 10.1 Å². The number of carbonyl (C=O) groups excluding carboxylic acids is 1. The van der Waals surface area contributed by atoms with Crippen molar-refractivity contribution in [3.05, 3.63) is 29.8 Å². The molecular weight excluding hydrogens is 264 g/mol. The summed E-state index contributed by atoms with van der Waals surface area (Å²) in [5.74, 6) is 0.983. The van der Waals surface area contributed by atoms with Gasteiger partial charge >= 0.3 is 0 Å². The van der Waals surface area contributed by atoms with Crippen molar-refractivity contribution in [1.82, 2.24) is 10.2 Å². The third-order valence-corrected chi connectivity index (χ3v) is 3.36. The maximum Gasteiger partial charge on any atom is 0.234 e. The van der Waals surface area contributed by atoms with Crippen LogP contribution in [0, 0.1) is 0 Å². The molecule has 0 aliphatic carbocycles. The number of benzene rings is 1. The normalized spacial score (nSPS) is 10.7. The molecule has 118 valence electrons. The van der Waals surface area contributed by atoms with Gasteiger partial charge in [-0.3, -0.25) is 9.69 Å². The lowest BCUT2D eigenvalue weighted by Gasteiger charge is -2.20. The van der Waals surface area contributed by atoms with E-state index in [1.165, 1.54) is 0 Å². The molecule has 1 aromatic carbocycles. The van der Waals surface area contributed by atoms with Gasteiger partial charge in [0.2, 0.25) is 5.91 Å². The lowest BCUT2D eigenvalue weighted by Crippen LogP contribution is -2.38. The number of nitrogens with zero attached hydrogens (tertiary/aromatic N) is 1. The fraction of sp³-hybridized carbons (Fsp3) is 0.588. The van der Waals surface area contributed by atoms with Crippen molar-refractivity contribution in [2.45, 2.75) is 33.1 Å². The molecule has 1 rings (SSSR count). The highest BCUT2D eigenvalue weighted by Gasteiger charge is 2.09. The van der Waals surface area contributed by atoms with Gasteiger partial charge in [-0.15, -0.1) is 0 Å². The number of methoxy groups -OCH3 is 1. The zero-order valence-electron chi connectivity index (χ0n) is 13.5. The molecule has 1 aromatic rings. The molecule has 21 heavy (non-hydrogen) atoms. The van der Waals surface area contributed by atoms with E-state index >= 15 is 0 Å². The summed E-state index contributed by atoms with van der Waals surface area (Å²) in [5, 5.41) is 2.99. The minimum absolute atomic E-state index is 0.104. The van der Waals surface area contributed by atoms with Gasteiger partial charge in [0, 0.05) is 6.54 Å². The molecular formula is C17H28N2O2. The molecule has 0 aromatic heterocycles. The molecule has 0 heterocycles. The Kier molecular flexibility index (Phi) is 8.51. The highest BCUT2D eigenvalue weighted by Crippen LogP contribution is 2.17. The predicted molar refractivity (Wildman–Crippen MR) is 86.7 cm³/mol. The zero-order chi connectivity index (χ0) is 15.5. The van der Waals surface area contributed by atoms with Crippen LogP contribution in [0.2, 0.25) is 0 Å². The second-order valence-corrected chi connectivity index (χ2v) is 5.19. The highest BCUT2D eigenvalue weighted by molar-refractivity contribution is 5.78. The molecule has 0 atom stereocenters. The number of hydrogen-bond donors (Lipinski definition) is 1. The topological polar surface area (TPSA) is 41.6 Å². The van der Waals surface area contributed by atoms with E-state index in [4.69, 9.17) is 4.74 Å². The van der Waals surface area contributed by atoms with E-state index in [-0.39, 0.29) is 5.91 Å². The number of nitrogens with one attached hydrogen (secondary N) is 1. The van der Waals surface area contributed by atoms with E-state index in [2.05, 4.69) is 24.1 Å². The fourth-order valence-electron chi connectivity index (χ4n) is 2.41. The van der Waals surface area contributed by atoms with E-state index < -0.39 is 0 Å². The number of ether oxygens (including phenoxy) is 1. The first-order valence-electron chi connectivity index (χ1n) is 7.82. The fourth-order valence-corrected chi connectivity index (χ4v) is 2.41. The third kappa shape index (κ3) is 6.63. The second-order valence-electron chi connectivity index (χ2n) is 5.19. The summed E-state index contributed by atoms with van der Waals surface area (Å²) in [5.41, 5.74) is 1.12. The van der Waals surface area contributed by atoms with Gasteiger partial charge in [0.25, 0.3) is 0 Å². The zero-order valence-corrected chi connectivity index (χ0v) is 13.5. The van der Waals surface area contributed by atoms with E-state index in [1.807, 2.05) is 24.3 Å². The van der Waals surface area contributed by atoms with Crippen molar-refractivity contribution < 1.29 is 9.53 Å². The molecule has 4 nitrogen and oxygen atoms in total. The van der Waals surface area contributed by atoms with Crippen LogP contribution in [-0.2, 0) is 11.2 Å². The number of hydrogen-bond acceptors (Lipinski definition) is 3. The highest BCUT2D eigenvalue weighted by atomic mass is 16.5. The smallest absolute Gasteiger partial charge is 0.234 e. The summed E-state index contributed by atoms with van der Waals surface area (Å²) in [6, 6.07) is 7.92. The van der Waals surface area contributed by atoms with E-state index in [1.54, 1.807) is 7.11 Å². The summed E-state index contributed by atoms with van der Waals surface area (Å²) in [6.45, 7) is 7.38. The van der Waals surface area contributed by atoms with Crippen LogP contribution in [0.1, 0.15) is 32.3 Å². The summed E-state index contributed by atoms with van der Waals surface area (Å²) >= 11 is 0. The minimum Gasteiger partial charge on any atom is -0.496 e. The molecule has 0 saturated heterocycles. The van der Waals surface area contributed by atoms with Gasteiger partial charge in [0.15, 0.2) is 0 Å². The summed E-state index contributed by atoms with van der Waals surface area (Å²) in [6.07, 6.45) is 2.94. The first-order chi connectivity index (χ1) is 10.2. The van der Waals surface area contributed by atoms with Crippen molar-refractivity contribution in [2.75, 3.05) is 33.3 Å². The van der Waals surface area contributed by atoms with Crippen LogP contribution in [0.5, 0.6) is 5.75 Å². The Bertz CT molecular complexity index is 415. The van der Waals surface area contributed by atoms with E-state index in [0.29, 0.717) is 13.1 Å². The van der Waals surface area contributed by atoms with Crippen LogP contribution in [0.3, 0.4) is 0 Å². The van der Waals surface area contributed by atoms with Crippen LogP contribution in [-0.4, -0.2) is 44.1 Å². The monoisotopic (exact) mass is 292 g/mol. The second kappa shape index (κ2) is 10.2. The number of rotatable bonds is 10. The standard InChI is InChI=1S/C17H28N2O2/c1-4-12-19(13-5-2)14-17(20)18-11-10-15-8-6-7-9-16(15)21-3/h6-9H,4-5,10-14H2,1-3H3,(H,18,20). The van der Waals surface area contributed by atoms with Gasteiger partial charge in [-0.05, 0) is 44.0 Å². The lowest BCUT2D eigenvalue weighted by atomic mass is 10.1. The number of amides is 1. The van der Waals surface area contributed by atoms with Crippen LogP contribution in [0.4, 0.5) is 0 Å². The molecule has 0 aliphatic heterocycles. The summed E-state index contributed by atoms with van der Waals surface area (Å²) < 4.78 is 5.31.